The van der Waals surface area contributed by atoms with Gasteiger partial charge >= 0.3 is 5.97 Å². The standard InChI is InChI=1S/C23H29N3O6S/c1-5-8-30-13-16(27)10-26(11-17-7-6-9-31-17)12-18-24-21(28)19-15(4)20(33-22(19)25-18)23(29)32-14(2)3/h5-7,9,14,16,27H,1,8,10-13H2,2-4H3,(H,24,25,28). The van der Waals surface area contributed by atoms with Crippen LogP contribution in [-0.2, 0) is 22.6 Å². The number of nitrogens with one attached hydrogen (secondary N) is 1. The summed E-state index contributed by atoms with van der Waals surface area (Å²) in [4.78, 5) is 35.4. The first-order valence-corrected chi connectivity index (χ1v) is 11.4. The third-order valence-corrected chi connectivity index (χ3v) is 5.89. The molecule has 33 heavy (non-hydrogen) atoms. The third kappa shape index (κ3) is 6.61. The number of aromatic nitrogens is 2. The topological polar surface area (TPSA) is 118 Å². The largest absolute Gasteiger partial charge is 0.468 e. The SMILES string of the molecule is C=CCOCC(O)CN(Cc1nc2sc(C(=O)OC(C)C)c(C)c2c(=O)[nH]1)Cc1ccco1. The Balaban J connectivity index is 1.84. The number of hydrogen-bond donors (Lipinski definition) is 2. The van der Waals surface area contributed by atoms with Crippen molar-refractivity contribution in [1.82, 2.24) is 14.9 Å². The van der Waals surface area contributed by atoms with Crippen LogP contribution in [0.25, 0.3) is 10.2 Å². The van der Waals surface area contributed by atoms with Gasteiger partial charge in [0.1, 0.15) is 21.3 Å². The van der Waals surface area contributed by atoms with Crippen molar-refractivity contribution in [2.45, 2.75) is 46.1 Å². The Morgan fingerprint density at radius 3 is 2.88 bits per heavy atom. The van der Waals surface area contributed by atoms with Crippen LogP contribution in [0.4, 0.5) is 0 Å². The highest BCUT2D eigenvalue weighted by molar-refractivity contribution is 7.20. The van der Waals surface area contributed by atoms with Gasteiger partial charge in [-0.25, -0.2) is 9.78 Å². The molecule has 0 bridgehead atoms. The number of fused-ring (bicyclic) bond motifs is 1. The highest BCUT2D eigenvalue weighted by Crippen LogP contribution is 2.28. The number of hydrogen-bond acceptors (Lipinski definition) is 9. The van der Waals surface area contributed by atoms with Crippen molar-refractivity contribution in [1.29, 1.82) is 0 Å². The number of aromatic amines is 1. The van der Waals surface area contributed by atoms with Crippen molar-refractivity contribution in [3.8, 4) is 0 Å². The molecule has 3 heterocycles. The third-order valence-electron chi connectivity index (χ3n) is 4.73. The van der Waals surface area contributed by atoms with Crippen molar-refractivity contribution in [3.63, 3.8) is 0 Å². The summed E-state index contributed by atoms with van der Waals surface area (Å²) in [7, 11) is 0. The summed E-state index contributed by atoms with van der Waals surface area (Å²) in [5.41, 5.74) is 0.239. The molecule has 1 atom stereocenters. The van der Waals surface area contributed by atoms with Gasteiger partial charge in [-0.1, -0.05) is 6.08 Å². The molecule has 0 spiro atoms. The number of carbonyl (C=O) groups is 1. The fraction of sp³-hybridized carbons (Fsp3) is 0.435. The molecule has 3 rings (SSSR count). The number of esters is 1. The van der Waals surface area contributed by atoms with Crippen LogP contribution in [0.1, 0.15) is 40.7 Å². The fourth-order valence-corrected chi connectivity index (χ4v) is 4.47. The second-order valence-electron chi connectivity index (χ2n) is 7.93. The Morgan fingerprint density at radius 1 is 1.42 bits per heavy atom. The zero-order chi connectivity index (χ0) is 24.0. The first kappa shape index (κ1) is 24.8. The van der Waals surface area contributed by atoms with Crippen LogP contribution in [0.15, 0.2) is 40.3 Å². The van der Waals surface area contributed by atoms with Crippen LogP contribution in [0.3, 0.4) is 0 Å². The first-order chi connectivity index (χ1) is 15.8. The number of aliphatic hydroxyl groups excluding tert-OH is 1. The number of carbonyl (C=O) groups excluding carboxylic acids is 1. The van der Waals surface area contributed by atoms with Crippen LogP contribution in [0.2, 0.25) is 0 Å². The first-order valence-electron chi connectivity index (χ1n) is 10.6. The van der Waals surface area contributed by atoms with E-state index in [2.05, 4.69) is 16.5 Å². The zero-order valence-electron chi connectivity index (χ0n) is 19.0. The summed E-state index contributed by atoms with van der Waals surface area (Å²) >= 11 is 1.14. The molecule has 9 nitrogen and oxygen atoms in total. The Kier molecular flexibility index (Phi) is 8.56. The van der Waals surface area contributed by atoms with Crippen LogP contribution in [0.5, 0.6) is 0 Å². The van der Waals surface area contributed by atoms with E-state index < -0.39 is 12.1 Å². The van der Waals surface area contributed by atoms with E-state index in [9.17, 15) is 14.7 Å². The Morgan fingerprint density at radius 2 is 2.21 bits per heavy atom. The van der Waals surface area contributed by atoms with E-state index in [1.54, 1.807) is 39.2 Å². The van der Waals surface area contributed by atoms with Crippen molar-refractivity contribution in [2.24, 2.45) is 0 Å². The second kappa shape index (κ2) is 11.4. The number of H-pyrrole nitrogens is 1. The van der Waals surface area contributed by atoms with Gasteiger partial charge in [-0.2, -0.15) is 0 Å². The molecule has 0 aliphatic carbocycles. The van der Waals surface area contributed by atoms with E-state index in [0.717, 1.165) is 11.3 Å². The number of nitrogens with zero attached hydrogens (tertiary/aromatic N) is 2. The number of furan rings is 1. The molecular formula is C23H29N3O6S. The summed E-state index contributed by atoms with van der Waals surface area (Å²) in [6, 6.07) is 3.62. The van der Waals surface area contributed by atoms with Crippen molar-refractivity contribution < 1.29 is 23.8 Å². The van der Waals surface area contributed by atoms with E-state index in [-0.39, 0.29) is 31.4 Å². The predicted octanol–water partition coefficient (Wildman–Crippen LogP) is 3.02. The van der Waals surface area contributed by atoms with Crippen LogP contribution >= 0.6 is 11.3 Å². The predicted molar refractivity (Wildman–Crippen MR) is 125 cm³/mol. The summed E-state index contributed by atoms with van der Waals surface area (Å²) in [6.07, 6.45) is 2.18. The minimum absolute atomic E-state index is 0.148. The molecule has 0 amide bonds. The minimum atomic E-state index is -0.753. The monoisotopic (exact) mass is 475 g/mol. The summed E-state index contributed by atoms with van der Waals surface area (Å²) in [5, 5.41) is 10.8. The van der Waals surface area contributed by atoms with Gasteiger partial charge in [-0.15, -0.1) is 17.9 Å². The quantitative estimate of drug-likeness (QED) is 0.233. The van der Waals surface area contributed by atoms with Crippen molar-refractivity contribution >= 4 is 27.5 Å². The summed E-state index contributed by atoms with van der Waals surface area (Å²) in [5.74, 6) is 0.667. The minimum Gasteiger partial charge on any atom is -0.468 e. The molecule has 3 aromatic rings. The lowest BCUT2D eigenvalue weighted by atomic mass is 10.2. The van der Waals surface area contributed by atoms with Crippen LogP contribution in [0, 0.1) is 6.92 Å². The maximum absolute atomic E-state index is 12.8. The van der Waals surface area contributed by atoms with Gasteiger partial charge in [0.2, 0.25) is 0 Å². The number of thiophene rings is 1. The van der Waals surface area contributed by atoms with E-state index in [0.29, 0.717) is 45.4 Å². The number of rotatable bonds is 12. The molecule has 0 aliphatic rings. The molecule has 1 unspecified atom stereocenters. The lowest BCUT2D eigenvalue weighted by Crippen LogP contribution is -2.35. The Labute approximate surface area is 195 Å². The summed E-state index contributed by atoms with van der Waals surface area (Å²) in [6.45, 7) is 10.3. The summed E-state index contributed by atoms with van der Waals surface area (Å²) < 4.78 is 16.1. The van der Waals surface area contributed by atoms with E-state index in [1.807, 2.05) is 11.0 Å². The average Bonchev–Trinajstić information content (AvgIpc) is 3.35. The lowest BCUT2D eigenvalue weighted by Gasteiger charge is -2.23. The maximum Gasteiger partial charge on any atom is 0.348 e. The van der Waals surface area contributed by atoms with Crippen LogP contribution in [-0.4, -0.2) is 57.9 Å². The molecule has 2 N–H and O–H groups in total. The molecule has 0 saturated heterocycles. The smallest absolute Gasteiger partial charge is 0.348 e. The van der Waals surface area contributed by atoms with Gasteiger partial charge in [0, 0.05) is 6.54 Å². The number of ether oxygens (including phenoxy) is 2. The van der Waals surface area contributed by atoms with E-state index in [4.69, 9.17) is 13.9 Å². The zero-order valence-corrected chi connectivity index (χ0v) is 19.8. The van der Waals surface area contributed by atoms with Gasteiger partial charge in [0.25, 0.3) is 5.56 Å². The normalized spacial score (nSPS) is 12.5. The fourth-order valence-electron chi connectivity index (χ4n) is 3.38. The van der Waals surface area contributed by atoms with Gasteiger partial charge in [-0.05, 0) is 38.5 Å². The molecule has 0 aromatic carbocycles. The molecule has 178 valence electrons. The lowest BCUT2D eigenvalue weighted by molar-refractivity contribution is 0.0210. The molecule has 10 heteroatoms. The van der Waals surface area contributed by atoms with Gasteiger partial charge < -0.3 is 24.0 Å². The Hall–Kier alpha value is -2.79. The second-order valence-corrected chi connectivity index (χ2v) is 8.93. The molecule has 0 radical (unpaired) electrons. The van der Waals surface area contributed by atoms with Gasteiger partial charge in [-0.3, -0.25) is 9.69 Å². The highest BCUT2D eigenvalue weighted by atomic mass is 32.1. The number of aliphatic hydroxyl groups is 1. The molecule has 3 aromatic heterocycles. The molecule has 0 fully saturated rings. The van der Waals surface area contributed by atoms with Gasteiger partial charge in [0.05, 0.1) is 50.2 Å². The maximum atomic E-state index is 12.8. The number of aryl methyl sites for hydroxylation is 1. The average molecular weight is 476 g/mol. The van der Waals surface area contributed by atoms with Crippen molar-refractivity contribution in [3.05, 3.63) is 63.4 Å². The highest BCUT2D eigenvalue weighted by Gasteiger charge is 2.22. The van der Waals surface area contributed by atoms with Crippen molar-refractivity contribution in [2.75, 3.05) is 19.8 Å². The van der Waals surface area contributed by atoms with E-state index >= 15 is 0 Å². The molecule has 0 aliphatic heterocycles. The van der Waals surface area contributed by atoms with Gasteiger partial charge in [0.15, 0.2) is 0 Å². The Bertz CT molecular complexity index is 1140. The van der Waals surface area contributed by atoms with Crippen LogP contribution < -0.4 is 5.56 Å². The van der Waals surface area contributed by atoms with E-state index in [1.165, 1.54) is 0 Å². The molecule has 0 saturated carbocycles. The molecular weight excluding hydrogens is 446 g/mol.